The van der Waals surface area contributed by atoms with E-state index in [4.69, 9.17) is 0 Å². The molecule has 0 N–H and O–H groups in total. The molecular weight excluding hydrogens is 338 g/mol. The minimum absolute atomic E-state index is 0.302. The average Bonchev–Trinajstić information content (AvgIpc) is 3.29. The van der Waals surface area contributed by atoms with E-state index in [1.807, 2.05) is 29.0 Å². The maximum absolute atomic E-state index is 12.5. The third kappa shape index (κ3) is 2.70. The predicted molar refractivity (Wildman–Crippen MR) is 95.0 cm³/mol. The molecule has 1 fully saturated rings. The minimum Gasteiger partial charge on any atom is -0.289 e. The number of hydrazone groups is 1. The second-order valence-corrected chi connectivity index (χ2v) is 6.48. The van der Waals surface area contributed by atoms with Crippen molar-refractivity contribution in [1.29, 1.82) is 0 Å². The monoisotopic (exact) mass is 353 g/mol. The third-order valence-electron chi connectivity index (χ3n) is 4.06. The summed E-state index contributed by atoms with van der Waals surface area (Å²) in [5.41, 5.74) is 2.17. The van der Waals surface area contributed by atoms with Gasteiger partial charge in [0.15, 0.2) is 4.96 Å². The van der Waals surface area contributed by atoms with Gasteiger partial charge in [-0.15, -0.1) is 11.3 Å². The Kier molecular flexibility index (Phi) is 3.81. The first-order valence-electron chi connectivity index (χ1n) is 7.79. The molecule has 0 aliphatic carbocycles. The Hall–Kier alpha value is -3.00. The number of imidazole rings is 1. The smallest absolute Gasteiger partial charge is 0.289 e. The average molecular weight is 353 g/mol. The van der Waals surface area contributed by atoms with E-state index in [1.165, 1.54) is 21.2 Å². The molecule has 1 aliphatic heterocycles. The number of fused-ring (bicyclic) bond motifs is 1. The molecule has 8 heteroatoms. The first-order chi connectivity index (χ1) is 12.1. The van der Waals surface area contributed by atoms with Crippen LogP contribution in [0.15, 0.2) is 47.0 Å². The molecule has 1 aromatic carbocycles. The summed E-state index contributed by atoms with van der Waals surface area (Å²) in [6, 6.07) is 8.37. The predicted octanol–water partition coefficient (Wildman–Crippen LogP) is 2.62. The van der Waals surface area contributed by atoms with Crippen molar-refractivity contribution >= 4 is 34.5 Å². The van der Waals surface area contributed by atoms with Crippen LogP contribution in [-0.2, 0) is 0 Å². The number of urea groups is 1. The standard InChI is InChI=1S/C17H15N5O2S/c1-12-14(20-9-10-25-16(20)19-12)11-18-22-8-7-21(17(22)24)15(23)13-5-3-2-4-6-13/h2-6,9-11H,7-8H2,1H3/b18-11+. The third-order valence-corrected chi connectivity index (χ3v) is 4.81. The summed E-state index contributed by atoms with van der Waals surface area (Å²) in [5.74, 6) is -0.302. The van der Waals surface area contributed by atoms with Gasteiger partial charge in [-0.3, -0.25) is 14.1 Å². The number of carbonyl (C=O) groups is 2. The molecule has 0 unspecified atom stereocenters. The Balaban J connectivity index is 1.53. The molecule has 1 aliphatic rings. The van der Waals surface area contributed by atoms with Crippen LogP contribution in [0.5, 0.6) is 0 Å². The van der Waals surface area contributed by atoms with Gasteiger partial charge in [-0.05, 0) is 19.1 Å². The van der Waals surface area contributed by atoms with Crippen LogP contribution in [0.4, 0.5) is 4.79 Å². The number of imide groups is 1. The number of thiazole rings is 1. The molecule has 0 saturated carbocycles. The molecular formula is C17H15N5O2S. The second-order valence-electron chi connectivity index (χ2n) is 5.61. The number of hydrogen-bond donors (Lipinski definition) is 0. The van der Waals surface area contributed by atoms with Crippen molar-refractivity contribution in [3.63, 3.8) is 0 Å². The van der Waals surface area contributed by atoms with E-state index >= 15 is 0 Å². The van der Waals surface area contributed by atoms with E-state index in [0.29, 0.717) is 18.7 Å². The number of aromatic nitrogens is 2. The van der Waals surface area contributed by atoms with Crippen LogP contribution in [0.2, 0.25) is 0 Å². The Bertz CT molecular complexity index is 976. The number of benzene rings is 1. The first-order valence-corrected chi connectivity index (χ1v) is 8.67. The van der Waals surface area contributed by atoms with Gasteiger partial charge in [0.25, 0.3) is 5.91 Å². The highest BCUT2D eigenvalue weighted by atomic mass is 32.1. The van der Waals surface area contributed by atoms with Crippen molar-refractivity contribution < 1.29 is 9.59 Å². The fourth-order valence-corrected chi connectivity index (χ4v) is 3.52. The van der Waals surface area contributed by atoms with Gasteiger partial charge in [0.05, 0.1) is 30.7 Å². The summed E-state index contributed by atoms with van der Waals surface area (Å²) in [5, 5.41) is 7.53. The highest BCUT2D eigenvalue weighted by Crippen LogP contribution is 2.17. The van der Waals surface area contributed by atoms with Crippen molar-refractivity contribution in [2.45, 2.75) is 6.92 Å². The van der Waals surface area contributed by atoms with Gasteiger partial charge in [-0.1, -0.05) is 18.2 Å². The molecule has 0 atom stereocenters. The van der Waals surface area contributed by atoms with Crippen LogP contribution in [0.3, 0.4) is 0 Å². The molecule has 1 saturated heterocycles. The summed E-state index contributed by atoms with van der Waals surface area (Å²) in [4.78, 5) is 31.5. The lowest BCUT2D eigenvalue weighted by Gasteiger charge is -2.13. The zero-order chi connectivity index (χ0) is 17.4. The topological polar surface area (TPSA) is 70.3 Å². The van der Waals surface area contributed by atoms with Crippen LogP contribution in [0, 0.1) is 6.92 Å². The van der Waals surface area contributed by atoms with Gasteiger partial charge >= 0.3 is 6.03 Å². The van der Waals surface area contributed by atoms with E-state index in [9.17, 15) is 9.59 Å². The molecule has 3 heterocycles. The van der Waals surface area contributed by atoms with Gasteiger partial charge in [0.2, 0.25) is 0 Å². The number of rotatable bonds is 3. The summed E-state index contributed by atoms with van der Waals surface area (Å²) < 4.78 is 1.93. The number of nitrogens with zero attached hydrogens (tertiary/aromatic N) is 5. The molecule has 7 nitrogen and oxygen atoms in total. The van der Waals surface area contributed by atoms with E-state index in [2.05, 4.69) is 10.1 Å². The largest absolute Gasteiger partial charge is 0.347 e. The quantitative estimate of drug-likeness (QED) is 0.680. The van der Waals surface area contributed by atoms with Crippen LogP contribution in [-0.4, -0.2) is 50.5 Å². The van der Waals surface area contributed by atoms with Gasteiger partial charge in [-0.2, -0.15) is 5.10 Å². The lowest BCUT2D eigenvalue weighted by Crippen LogP contribution is -2.34. The van der Waals surface area contributed by atoms with E-state index in [1.54, 1.807) is 30.5 Å². The van der Waals surface area contributed by atoms with Crippen LogP contribution < -0.4 is 0 Å². The Labute approximate surface area is 147 Å². The zero-order valence-electron chi connectivity index (χ0n) is 13.5. The summed E-state index contributed by atoms with van der Waals surface area (Å²) >= 11 is 1.54. The Morgan fingerprint density at radius 1 is 1.28 bits per heavy atom. The molecule has 25 heavy (non-hydrogen) atoms. The Morgan fingerprint density at radius 3 is 2.88 bits per heavy atom. The first kappa shape index (κ1) is 15.5. The molecule has 2 aromatic heterocycles. The number of amides is 3. The van der Waals surface area contributed by atoms with E-state index in [-0.39, 0.29) is 5.91 Å². The van der Waals surface area contributed by atoms with Gasteiger partial charge < -0.3 is 0 Å². The highest BCUT2D eigenvalue weighted by molar-refractivity contribution is 7.15. The van der Waals surface area contributed by atoms with Crippen LogP contribution >= 0.6 is 11.3 Å². The number of aryl methyl sites for hydroxylation is 1. The minimum atomic E-state index is -0.408. The normalized spacial score (nSPS) is 15.0. The van der Waals surface area contributed by atoms with Crippen molar-refractivity contribution in [3.05, 3.63) is 58.9 Å². The fraction of sp³-hybridized carbons (Fsp3) is 0.176. The van der Waals surface area contributed by atoms with Crippen LogP contribution in [0.25, 0.3) is 4.96 Å². The summed E-state index contributed by atoms with van der Waals surface area (Å²) in [6.07, 6.45) is 3.54. The maximum Gasteiger partial charge on any atom is 0.347 e. The molecule has 0 spiro atoms. The molecule has 0 bridgehead atoms. The second kappa shape index (κ2) is 6.14. The maximum atomic E-state index is 12.5. The van der Waals surface area contributed by atoms with Gasteiger partial charge in [-0.25, -0.2) is 14.8 Å². The van der Waals surface area contributed by atoms with Gasteiger partial charge in [0.1, 0.15) is 0 Å². The Morgan fingerprint density at radius 2 is 2.08 bits per heavy atom. The highest BCUT2D eigenvalue weighted by Gasteiger charge is 2.33. The lowest BCUT2D eigenvalue weighted by molar-refractivity contribution is 0.0822. The zero-order valence-corrected chi connectivity index (χ0v) is 14.3. The van der Waals surface area contributed by atoms with Crippen molar-refractivity contribution in [2.75, 3.05) is 13.1 Å². The summed E-state index contributed by atoms with van der Waals surface area (Å²) in [7, 11) is 0. The number of carbonyl (C=O) groups excluding carboxylic acids is 2. The van der Waals surface area contributed by atoms with Gasteiger partial charge in [0, 0.05) is 17.1 Å². The summed E-state index contributed by atoms with van der Waals surface area (Å²) in [6.45, 7) is 2.60. The molecule has 3 aromatic rings. The number of hydrogen-bond acceptors (Lipinski definition) is 5. The van der Waals surface area contributed by atoms with Crippen molar-refractivity contribution in [1.82, 2.24) is 19.3 Å². The van der Waals surface area contributed by atoms with E-state index < -0.39 is 6.03 Å². The molecule has 4 rings (SSSR count). The SMILES string of the molecule is Cc1nc2sccn2c1/C=N/N1CCN(C(=O)c2ccccc2)C1=O. The van der Waals surface area contributed by atoms with Crippen molar-refractivity contribution in [3.8, 4) is 0 Å². The van der Waals surface area contributed by atoms with Crippen molar-refractivity contribution in [2.24, 2.45) is 5.10 Å². The molecule has 126 valence electrons. The molecule has 0 radical (unpaired) electrons. The van der Waals surface area contributed by atoms with E-state index in [0.717, 1.165) is 16.3 Å². The lowest BCUT2D eigenvalue weighted by atomic mass is 10.2. The fourth-order valence-electron chi connectivity index (χ4n) is 2.75. The van der Waals surface area contributed by atoms with Crippen LogP contribution in [0.1, 0.15) is 21.7 Å². The molecule has 3 amide bonds.